The van der Waals surface area contributed by atoms with Crippen molar-refractivity contribution in [1.82, 2.24) is 5.32 Å². The first-order valence-corrected chi connectivity index (χ1v) is 5.11. The first kappa shape index (κ1) is 12.2. The van der Waals surface area contributed by atoms with E-state index < -0.39 is 6.04 Å². The van der Waals surface area contributed by atoms with E-state index in [1.807, 2.05) is 30.3 Å². The van der Waals surface area contributed by atoms with Crippen LogP contribution in [-0.2, 0) is 16.0 Å². The zero-order valence-corrected chi connectivity index (χ0v) is 9.27. The van der Waals surface area contributed by atoms with Gasteiger partial charge in [0.25, 0.3) is 0 Å². The first-order chi connectivity index (χ1) is 7.63. The number of ketones is 1. The number of carbonyl (C=O) groups is 2. The highest BCUT2D eigenvalue weighted by atomic mass is 16.2. The Labute approximate surface area is 95.2 Å². The van der Waals surface area contributed by atoms with Gasteiger partial charge in [0, 0.05) is 0 Å². The van der Waals surface area contributed by atoms with Crippen LogP contribution in [0.5, 0.6) is 0 Å². The average molecular weight is 217 g/mol. The smallest absolute Gasteiger partial charge is 0.243 e. The minimum Gasteiger partial charge on any atom is -0.342 e. The Morgan fingerprint density at radius 1 is 1.38 bits per heavy atom. The number of hydrogen-bond donors (Lipinski definition) is 1. The van der Waals surface area contributed by atoms with Gasteiger partial charge in [-0.25, -0.2) is 0 Å². The van der Waals surface area contributed by atoms with Crippen molar-refractivity contribution < 1.29 is 9.59 Å². The SMILES string of the molecule is C=CC(=O)NC(Cc1ccccc1)C(C)=O. The molecule has 0 aliphatic carbocycles. The third-order valence-electron chi connectivity index (χ3n) is 2.28. The molecular weight excluding hydrogens is 202 g/mol. The van der Waals surface area contributed by atoms with Crippen LogP contribution in [0.3, 0.4) is 0 Å². The second kappa shape index (κ2) is 5.85. The fraction of sp³-hybridized carbons (Fsp3) is 0.231. The van der Waals surface area contributed by atoms with Crippen molar-refractivity contribution in [3.63, 3.8) is 0 Å². The maximum absolute atomic E-state index is 11.4. The molecule has 0 spiro atoms. The lowest BCUT2D eigenvalue weighted by atomic mass is 10.0. The van der Waals surface area contributed by atoms with E-state index in [9.17, 15) is 9.59 Å². The molecule has 1 N–H and O–H groups in total. The number of rotatable bonds is 5. The largest absolute Gasteiger partial charge is 0.342 e. The van der Waals surface area contributed by atoms with Crippen LogP contribution in [0.2, 0.25) is 0 Å². The highest BCUT2D eigenvalue weighted by molar-refractivity contribution is 5.92. The zero-order valence-electron chi connectivity index (χ0n) is 9.27. The lowest BCUT2D eigenvalue weighted by Gasteiger charge is -2.14. The Balaban J connectivity index is 2.69. The fourth-order valence-corrected chi connectivity index (χ4v) is 1.38. The Morgan fingerprint density at radius 2 is 2.00 bits per heavy atom. The summed E-state index contributed by atoms with van der Waals surface area (Å²) in [6.07, 6.45) is 1.68. The molecule has 0 aromatic heterocycles. The number of carbonyl (C=O) groups excluding carboxylic acids is 2. The summed E-state index contributed by atoms with van der Waals surface area (Å²) in [5.41, 5.74) is 1.02. The lowest BCUT2D eigenvalue weighted by Crippen LogP contribution is -2.40. The van der Waals surface area contributed by atoms with Crippen LogP contribution in [0.25, 0.3) is 0 Å². The van der Waals surface area contributed by atoms with E-state index in [1.54, 1.807) is 0 Å². The van der Waals surface area contributed by atoms with Crippen molar-refractivity contribution in [2.45, 2.75) is 19.4 Å². The number of benzene rings is 1. The zero-order chi connectivity index (χ0) is 12.0. The van der Waals surface area contributed by atoms with E-state index in [-0.39, 0.29) is 11.7 Å². The molecule has 16 heavy (non-hydrogen) atoms. The Bertz CT molecular complexity index is 384. The minimum atomic E-state index is -0.479. The van der Waals surface area contributed by atoms with Crippen LogP contribution in [0.15, 0.2) is 43.0 Å². The van der Waals surface area contributed by atoms with Gasteiger partial charge in [0.05, 0.1) is 6.04 Å². The van der Waals surface area contributed by atoms with Gasteiger partial charge < -0.3 is 5.32 Å². The number of hydrogen-bond acceptors (Lipinski definition) is 2. The van der Waals surface area contributed by atoms with E-state index in [0.717, 1.165) is 5.56 Å². The molecule has 1 unspecified atom stereocenters. The van der Waals surface area contributed by atoms with Gasteiger partial charge in [-0.2, -0.15) is 0 Å². The monoisotopic (exact) mass is 217 g/mol. The Kier molecular flexibility index (Phi) is 4.45. The van der Waals surface area contributed by atoms with E-state index in [0.29, 0.717) is 6.42 Å². The second-order valence-electron chi connectivity index (χ2n) is 3.57. The van der Waals surface area contributed by atoms with Gasteiger partial charge in [-0.3, -0.25) is 9.59 Å². The Morgan fingerprint density at radius 3 is 2.50 bits per heavy atom. The molecule has 0 heterocycles. The molecule has 1 aromatic carbocycles. The third-order valence-corrected chi connectivity index (χ3v) is 2.28. The summed E-state index contributed by atoms with van der Waals surface area (Å²) in [7, 11) is 0. The van der Waals surface area contributed by atoms with Crippen LogP contribution in [0.4, 0.5) is 0 Å². The van der Waals surface area contributed by atoms with Crippen molar-refractivity contribution in [2.24, 2.45) is 0 Å². The molecule has 0 radical (unpaired) electrons. The number of nitrogens with one attached hydrogen (secondary N) is 1. The third kappa shape index (κ3) is 3.69. The van der Waals surface area contributed by atoms with Crippen LogP contribution in [0.1, 0.15) is 12.5 Å². The highest BCUT2D eigenvalue weighted by Gasteiger charge is 2.15. The standard InChI is InChI=1S/C13H15NO2/c1-3-13(16)14-12(10(2)15)9-11-7-5-4-6-8-11/h3-8,12H,1,9H2,2H3,(H,14,16). The van der Waals surface area contributed by atoms with E-state index in [1.165, 1.54) is 13.0 Å². The van der Waals surface area contributed by atoms with Crippen molar-refractivity contribution in [3.05, 3.63) is 48.6 Å². The normalized spacial score (nSPS) is 11.6. The summed E-state index contributed by atoms with van der Waals surface area (Å²) in [6, 6.07) is 9.09. The van der Waals surface area contributed by atoms with Crippen molar-refractivity contribution in [2.75, 3.05) is 0 Å². The Hall–Kier alpha value is -1.90. The van der Waals surface area contributed by atoms with E-state index in [4.69, 9.17) is 0 Å². The molecule has 0 saturated heterocycles. The quantitative estimate of drug-likeness (QED) is 0.759. The summed E-state index contributed by atoms with van der Waals surface area (Å²) in [5, 5.41) is 2.61. The van der Waals surface area contributed by atoms with Gasteiger partial charge in [-0.15, -0.1) is 0 Å². The first-order valence-electron chi connectivity index (χ1n) is 5.11. The van der Waals surface area contributed by atoms with Crippen LogP contribution < -0.4 is 5.32 Å². The number of Topliss-reactive ketones (excluding diaryl/α,β-unsaturated/α-hetero) is 1. The van der Waals surface area contributed by atoms with Crippen LogP contribution >= 0.6 is 0 Å². The molecule has 84 valence electrons. The predicted octanol–water partition coefficient (Wildman–Crippen LogP) is 1.49. The maximum Gasteiger partial charge on any atom is 0.243 e. The molecule has 1 atom stereocenters. The second-order valence-corrected chi connectivity index (χ2v) is 3.57. The molecule has 1 rings (SSSR count). The molecule has 1 amide bonds. The van der Waals surface area contributed by atoms with Crippen LogP contribution in [0, 0.1) is 0 Å². The molecule has 1 aromatic rings. The van der Waals surface area contributed by atoms with Gasteiger partial charge >= 0.3 is 0 Å². The topological polar surface area (TPSA) is 46.2 Å². The number of amides is 1. The van der Waals surface area contributed by atoms with Gasteiger partial charge in [-0.05, 0) is 25.0 Å². The van der Waals surface area contributed by atoms with Gasteiger partial charge in [0.2, 0.25) is 5.91 Å². The summed E-state index contributed by atoms with van der Waals surface area (Å²) in [5.74, 6) is -0.379. The summed E-state index contributed by atoms with van der Waals surface area (Å²) >= 11 is 0. The van der Waals surface area contributed by atoms with Gasteiger partial charge in [-0.1, -0.05) is 36.9 Å². The maximum atomic E-state index is 11.4. The molecule has 0 saturated carbocycles. The molecule has 3 heteroatoms. The van der Waals surface area contributed by atoms with E-state index in [2.05, 4.69) is 11.9 Å². The molecule has 0 aliphatic heterocycles. The molecule has 0 fully saturated rings. The van der Waals surface area contributed by atoms with Crippen molar-refractivity contribution in [3.8, 4) is 0 Å². The molecular formula is C13H15NO2. The predicted molar refractivity (Wildman–Crippen MR) is 63.0 cm³/mol. The lowest BCUT2D eigenvalue weighted by molar-refractivity contribution is -0.124. The van der Waals surface area contributed by atoms with Crippen molar-refractivity contribution >= 4 is 11.7 Å². The van der Waals surface area contributed by atoms with Crippen molar-refractivity contribution in [1.29, 1.82) is 0 Å². The van der Waals surface area contributed by atoms with E-state index >= 15 is 0 Å². The minimum absolute atomic E-state index is 0.0564. The summed E-state index contributed by atoms with van der Waals surface area (Å²) in [6.45, 7) is 4.83. The van der Waals surface area contributed by atoms with Crippen LogP contribution in [-0.4, -0.2) is 17.7 Å². The molecule has 3 nitrogen and oxygen atoms in total. The van der Waals surface area contributed by atoms with Gasteiger partial charge in [0.15, 0.2) is 5.78 Å². The molecule has 0 bridgehead atoms. The summed E-state index contributed by atoms with van der Waals surface area (Å²) in [4.78, 5) is 22.5. The fourth-order valence-electron chi connectivity index (χ4n) is 1.38. The average Bonchev–Trinajstić information content (AvgIpc) is 2.29. The molecule has 0 aliphatic rings. The summed E-state index contributed by atoms with van der Waals surface area (Å²) < 4.78 is 0. The highest BCUT2D eigenvalue weighted by Crippen LogP contribution is 2.04. The van der Waals surface area contributed by atoms with Gasteiger partial charge in [0.1, 0.15) is 0 Å².